The first-order chi connectivity index (χ1) is 11.2. The Labute approximate surface area is 142 Å². The van der Waals surface area contributed by atoms with Crippen LogP contribution in [0.5, 0.6) is 0 Å². The molecule has 0 amide bonds. The average Bonchev–Trinajstić information content (AvgIpc) is 2.55. The van der Waals surface area contributed by atoms with Crippen molar-refractivity contribution in [2.24, 2.45) is 5.92 Å². The summed E-state index contributed by atoms with van der Waals surface area (Å²) in [5, 5.41) is 0. The summed E-state index contributed by atoms with van der Waals surface area (Å²) in [5.74, 6) is 0.397. The quantitative estimate of drug-likeness (QED) is 0.260. The topological polar surface area (TPSA) is 26.3 Å². The number of cyclic esters (lactones) is 1. The van der Waals surface area contributed by atoms with E-state index in [1.54, 1.807) is 0 Å². The molecule has 1 aliphatic rings. The first-order valence-electron chi connectivity index (χ1n) is 9.38. The lowest BCUT2D eigenvalue weighted by Gasteiger charge is -2.26. The van der Waals surface area contributed by atoms with E-state index in [0.29, 0.717) is 12.3 Å². The molecule has 2 unspecified atom stereocenters. The van der Waals surface area contributed by atoms with Crippen molar-refractivity contribution in [2.45, 2.75) is 84.2 Å². The van der Waals surface area contributed by atoms with Crippen molar-refractivity contribution < 1.29 is 9.53 Å². The van der Waals surface area contributed by atoms with Gasteiger partial charge in [-0.2, -0.15) is 0 Å². The minimum absolute atomic E-state index is 0.0252. The Hall–Kier alpha value is -1.31. The van der Waals surface area contributed by atoms with E-state index < -0.39 is 0 Å². The molecule has 0 aromatic carbocycles. The highest BCUT2D eigenvalue weighted by Gasteiger charge is 2.24. The van der Waals surface area contributed by atoms with Crippen molar-refractivity contribution in [1.29, 1.82) is 0 Å². The number of allylic oxidation sites excluding steroid dienone is 6. The van der Waals surface area contributed by atoms with Crippen LogP contribution in [-0.2, 0) is 9.53 Å². The maximum atomic E-state index is 11.3. The van der Waals surface area contributed by atoms with Crippen LogP contribution in [-0.4, -0.2) is 12.1 Å². The van der Waals surface area contributed by atoms with Gasteiger partial charge < -0.3 is 4.74 Å². The van der Waals surface area contributed by atoms with Gasteiger partial charge in [0.25, 0.3) is 0 Å². The standard InChI is InChI=1S/C21H34O2/c1-3-4-5-6-7-8-9-10-11-12-13-14-16-19(2)20-17-15-18-21(22)23-20/h7-8,10-11,13-14,19-20H,3-6,9,12,15-18H2,1-2H3/b8-7-,11-10-,14-13-. The van der Waals surface area contributed by atoms with E-state index in [2.05, 4.69) is 50.3 Å². The van der Waals surface area contributed by atoms with Crippen LogP contribution >= 0.6 is 0 Å². The zero-order valence-electron chi connectivity index (χ0n) is 15.0. The highest BCUT2D eigenvalue weighted by atomic mass is 16.5. The van der Waals surface area contributed by atoms with Gasteiger partial charge in [0.1, 0.15) is 6.10 Å². The van der Waals surface area contributed by atoms with Gasteiger partial charge in [-0.1, -0.05) is 63.1 Å². The number of hydrogen-bond donors (Lipinski definition) is 0. The van der Waals surface area contributed by atoms with Crippen molar-refractivity contribution in [3.63, 3.8) is 0 Å². The minimum atomic E-state index is -0.0252. The maximum absolute atomic E-state index is 11.3. The van der Waals surface area contributed by atoms with Gasteiger partial charge in [-0.05, 0) is 50.9 Å². The van der Waals surface area contributed by atoms with E-state index >= 15 is 0 Å². The highest BCUT2D eigenvalue weighted by molar-refractivity contribution is 5.70. The van der Waals surface area contributed by atoms with Crippen molar-refractivity contribution in [3.8, 4) is 0 Å². The van der Waals surface area contributed by atoms with E-state index in [-0.39, 0.29) is 12.1 Å². The SMILES string of the molecule is CCCCC/C=C\C/C=C\C/C=C\CC(C)C1CCCC(=O)O1. The average molecular weight is 319 g/mol. The molecule has 130 valence electrons. The van der Waals surface area contributed by atoms with E-state index in [1.165, 1.54) is 25.7 Å². The second-order valence-electron chi connectivity index (χ2n) is 6.51. The molecule has 23 heavy (non-hydrogen) atoms. The summed E-state index contributed by atoms with van der Waals surface area (Å²) in [6.07, 6.45) is 24.3. The molecule has 0 radical (unpaired) electrons. The molecule has 1 heterocycles. The van der Waals surface area contributed by atoms with Gasteiger partial charge in [0.05, 0.1) is 0 Å². The molecular weight excluding hydrogens is 284 g/mol. The summed E-state index contributed by atoms with van der Waals surface area (Å²) in [4.78, 5) is 11.3. The van der Waals surface area contributed by atoms with Crippen molar-refractivity contribution in [2.75, 3.05) is 0 Å². The van der Waals surface area contributed by atoms with Gasteiger partial charge in [-0.15, -0.1) is 0 Å². The van der Waals surface area contributed by atoms with Crippen LogP contribution in [0, 0.1) is 5.92 Å². The summed E-state index contributed by atoms with van der Waals surface area (Å²) in [6.45, 7) is 4.41. The van der Waals surface area contributed by atoms with E-state index in [9.17, 15) is 4.79 Å². The Kier molecular flexibility index (Phi) is 11.3. The molecule has 1 saturated heterocycles. The maximum Gasteiger partial charge on any atom is 0.306 e. The number of esters is 1. The monoisotopic (exact) mass is 318 g/mol. The van der Waals surface area contributed by atoms with Gasteiger partial charge in [0.15, 0.2) is 0 Å². The second kappa shape index (κ2) is 13.2. The lowest BCUT2D eigenvalue weighted by Crippen LogP contribution is -2.29. The van der Waals surface area contributed by atoms with Crippen LogP contribution in [0.4, 0.5) is 0 Å². The van der Waals surface area contributed by atoms with Crippen LogP contribution in [0.3, 0.4) is 0 Å². The van der Waals surface area contributed by atoms with E-state index in [0.717, 1.165) is 32.1 Å². The van der Waals surface area contributed by atoms with Crippen molar-refractivity contribution >= 4 is 5.97 Å². The number of carbonyl (C=O) groups is 1. The fourth-order valence-corrected chi connectivity index (χ4v) is 2.77. The summed E-state index contributed by atoms with van der Waals surface area (Å²) in [7, 11) is 0. The fourth-order valence-electron chi connectivity index (χ4n) is 2.77. The third kappa shape index (κ3) is 10.1. The number of carbonyl (C=O) groups excluding carboxylic acids is 1. The van der Waals surface area contributed by atoms with Gasteiger partial charge >= 0.3 is 5.97 Å². The molecule has 0 aliphatic carbocycles. The van der Waals surface area contributed by atoms with Crippen LogP contribution in [0.1, 0.15) is 78.1 Å². The van der Waals surface area contributed by atoms with Crippen molar-refractivity contribution in [3.05, 3.63) is 36.5 Å². The zero-order chi connectivity index (χ0) is 16.8. The fraction of sp³-hybridized carbons (Fsp3) is 0.667. The van der Waals surface area contributed by atoms with Gasteiger partial charge in [0.2, 0.25) is 0 Å². The zero-order valence-corrected chi connectivity index (χ0v) is 15.0. The van der Waals surface area contributed by atoms with Gasteiger partial charge in [0, 0.05) is 6.42 Å². The third-order valence-electron chi connectivity index (χ3n) is 4.31. The molecular formula is C21H34O2. The van der Waals surface area contributed by atoms with Crippen LogP contribution < -0.4 is 0 Å². The molecule has 2 atom stereocenters. The largest absolute Gasteiger partial charge is 0.462 e. The molecule has 0 aromatic rings. The van der Waals surface area contributed by atoms with E-state index in [4.69, 9.17) is 4.74 Å². The molecule has 0 bridgehead atoms. The Morgan fingerprint density at radius 1 is 1.09 bits per heavy atom. The lowest BCUT2D eigenvalue weighted by atomic mass is 9.94. The molecule has 2 heteroatoms. The molecule has 1 fully saturated rings. The molecule has 1 rings (SSSR count). The predicted molar refractivity (Wildman–Crippen MR) is 98.3 cm³/mol. The molecule has 0 N–H and O–H groups in total. The Balaban J connectivity index is 2.05. The molecule has 0 saturated carbocycles. The smallest absolute Gasteiger partial charge is 0.306 e. The van der Waals surface area contributed by atoms with Crippen molar-refractivity contribution in [1.82, 2.24) is 0 Å². The second-order valence-corrected chi connectivity index (χ2v) is 6.51. The normalized spacial score (nSPS) is 20.6. The van der Waals surface area contributed by atoms with Crippen LogP contribution in [0.2, 0.25) is 0 Å². The summed E-state index contributed by atoms with van der Waals surface area (Å²) < 4.78 is 5.41. The molecule has 0 spiro atoms. The third-order valence-corrected chi connectivity index (χ3v) is 4.31. The van der Waals surface area contributed by atoms with Gasteiger partial charge in [-0.3, -0.25) is 4.79 Å². The Bertz CT molecular complexity index is 393. The lowest BCUT2D eigenvalue weighted by molar-refractivity contribution is -0.156. The number of hydrogen-bond acceptors (Lipinski definition) is 2. The summed E-state index contributed by atoms with van der Waals surface area (Å²) >= 11 is 0. The summed E-state index contributed by atoms with van der Waals surface area (Å²) in [5.41, 5.74) is 0. The van der Waals surface area contributed by atoms with E-state index in [1.807, 2.05) is 0 Å². The minimum Gasteiger partial charge on any atom is -0.462 e. The number of unbranched alkanes of at least 4 members (excludes halogenated alkanes) is 3. The highest BCUT2D eigenvalue weighted by Crippen LogP contribution is 2.23. The number of ether oxygens (including phenoxy) is 1. The Morgan fingerprint density at radius 3 is 2.48 bits per heavy atom. The van der Waals surface area contributed by atoms with Gasteiger partial charge in [-0.25, -0.2) is 0 Å². The molecule has 2 nitrogen and oxygen atoms in total. The summed E-state index contributed by atoms with van der Waals surface area (Å²) in [6, 6.07) is 0. The van der Waals surface area contributed by atoms with Crippen LogP contribution in [0.25, 0.3) is 0 Å². The predicted octanol–water partition coefficient (Wildman–Crippen LogP) is 6.14. The first-order valence-corrected chi connectivity index (χ1v) is 9.38. The Morgan fingerprint density at radius 2 is 1.78 bits per heavy atom. The first kappa shape index (κ1) is 19.7. The molecule has 1 aliphatic heterocycles. The van der Waals surface area contributed by atoms with Crippen LogP contribution in [0.15, 0.2) is 36.5 Å². The number of rotatable bonds is 11. The molecule has 0 aromatic heterocycles.